The number of benzene rings is 2. The fourth-order valence-electron chi connectivity index (χ4n) is 2.33. The summed E-state index contributed by atoms with van der Waals surface area (Å²) in [6.07, 6.45) is 1.64. The average molecular weight is 262 g/mol. The van der Waals surface area contributed by atoms with Crippen LogP contribution in [0.4, 0.5) is 0 Å². The Morgan fingerprint density at radius 3 is 2.68 bits per heavy atom. The zero-order chi connectivity index (χ0) is 12.7. The highest BCUT2D eigenvalue weighted by Crippen LogP contribution is 2.30. The summed E-state index contributed by atoms with van der Waals surface area (Å²) in [4.78, 5) is 8.74. The quantitative estimate of drug-likeness (QED) is 0.504. The Hall–Kier alpha value is -2.26. The minimum Gasteiger partial charge on any atom is -0.235 e. The first-order valence-corrected chi connectivity index (χ1v) is 6.97. The average Bonchev–Trinajstić information content (AvgIpc) is 2.95. The van der Waals surface area contributed by atoms with E-state index in [1.165, 1.54) is 10.8 Å². The zero-order valence-corrected chi connectivity index (χ0v) is 10.9. The van der Waals surface area contributed by atoms with Crippen molar-refractivity contribution in [3.05, 3.63) is 60.2 Å². The summed E-state index contributed by atoms with van der Waals surface area (Å²) in [5, 5.41) is 4.55. The van der Waals surface area contributed by atoms with E-state index in [1.807, 2.05) is 6.07 Å². The summed E-state index contributed by atoms with van der Waals surface area (Å²) in [5.74, 6) is 0. The molecule has 0 bridgehead atoms. The number of aromatic nitrogens is 2. The molecule has 2 aromatic carbocycles. The van der Waals surface area contributed by atoms with Gasteiger partial charge in [-0.15, -0.1) is 11.3 Å². The first-order valence-electron chi connectivity index (χ1n) is 6.09. The summed E-state index contributed by atoms with van der Waals surface area (Å²) in [6.45, 7) is 0. The van der Waals surface area contributed by atoms with Gasteiger partial charge in [-0.05, 0) is 28.3 Å². The molecular weight excluding hydrogens is 252 g/mol. The van der Waals surface area contributed by atoms with E-state index < -0.39 is 0 Å². The van der Waals surface area contributed by atoms with Crippen LogP contribution in [0.5, 0.6) is 0 Å². The van der Waals surface area contributed by atoms with Gasteiger partial charge in [-0.3, -0.25) is 0 Å². The van der Waals surface area contributed by atoms with E-state index in [0.717, 1.165) is 21.5 Å². The van der Waals surface area contributed by atoms with E-state index in [1.54, 1.807) is 17.7 Å². The van der Waals surface area contributed by atoms with E-state index in [0.29, 0.717) is 0 Å². The van der Waals surface area contributed by atoms with Gasteiger partial charge >= 0.3 is 0 Å². The Bertz CT molecular complexity index is 880. The molecule has 2 nitrogen and oxygen atoms in total. The predicted molar refractivity (Wildman–Crippen MR) is 80.4 cm³/mol. The van der Waals surface area contributed by atoms with Crippen molar-refractivity contribution in [2.45, 2.75) is 0 Å². The maximum atomic E-state index is 4.46. The lowest BCUT2D eigenvalue weighted by molar-refractivity contribution is 1.23. The second kappa shape index (κ2) is 4.14. The molecule has 3 heteroatoms. The van der Waals surface area contributed by atoms with Crippen LogP contribution >= 0.6 is 11.3 Å². The smallest absolute Gasteiger partial charge is 0.116 e. The van der Waals surface area contributed by atoms with Gasteiger partial charge in [-0.2, -0.15) is 0 Å². The lowest BCUT2D eigenvalue weighted by Crippen LogP contribution is -1.85. The van der Waals surface area contributed by atoms with E-state index >= 15 is 0 Å². The maximum absolute atomic E-state index is 4.46. The molecule has 0 aliphatic heterocycles. The third kappa shape index (κ3) is 1.71. The molecule has 4 rings (SSSR count). The van der Waals surface area contributed by atoms with Gasteiger partial charge in [0.1, 0.15) is 6.33 Å². The van der Waals surface area contributed by atoms with Crippen molar-refractivity contribution < 1.29 is 0 Å². The van der Waals surface area contributed by atoms with Gasteiger partial charge in [0.25, 0.3) is 0 Å². The van der Waals surface area contributed by atoms with Crippen LogP contribution in [0, 0.1) is 0 Å². The second-order valence-corrected chi connectivity index (χ2v) is 5.34. The normalized spacial score (nSPS) is 11.2. The second-order valence-electron chi connectivity index (χ2n) is 4.42. The Labute approximate surface area is 114 Å². The number of nitrogens with zero attached hydrogens (tertiary/aromatic N) is 2. The summed E-state index contributed by atoms with van der Waals surface area (Å²) >= 11 is 1.69. The minimum atomic E-state index is 1.02. The summed E-state index contributed by atoms with van der Waals surface area (Å²) in [6, 6.07) is 16.9. The van der Waals surface area contributed by atoms with Gasteiger partial charge in [-0.1, -0.05) is 36.4 Å². The molecule has 0 unspecified atom stereocenters. The monoisotopic (exact) mass is 262 g/mol. The first kappa shape index (κ1) is 10.6. The molecule has 0 N–H and O–H groups in total. The van der Waals surface area contributed by atoms with E-state index in [2.05, 4.69) is 57.8 Å². The Balaban J connectivity index is 2.01. The summed E-state index contributed by atoms with van der Waals surface area (Å²) in [5.41, 5.74) is 3.18. The molecular formula is C16H10N2S. The summed E-state index contributed by atoms with van der Waals surface area (Å²) < 4.78 is 1.15. The van der Waals surface area contributed by atoms with Crippen LogP contribution < -0.4 is 0 Å². The standard InChI is InChI=1S/C16H10N2S/c1-2-4-12-9-13(6-5-11(12)3-1)15-16-14(7-8-19-16)17-10-18-15/h1-10H. The van der Waals surface area contributed by atoms with E-state index in [9.17, 15) is 0 Å². The molecule has 19 heavy (non-hydrogen) atoms. The third-order valence-corrected chi connectivity index (χ3v) is 4.18. The SMILES string of the molecule is c1ccc2cc(-c3ncnc4ccsc34)ccc2c1. The molecule has 2 heterocycles. The van der Waals surface area contributed by atoms with Crippen LogP contribution in [0.25, 0.3) is 32.2 Å². The van der Waals surface area contributed by atoms with E-state index in [-0.39, 0.29) is 0 Å². The molecule has 0 saturated heterocycles. The van der Waals surface area contributed by atoms with Crippen LogP contribution in [0.3, 0.4) is 0 Å². The molecule has 0 spiro atoms. The highest BCUT2D eigenvalue weighted by molar-refractivity contribution is 7.17. The van der Waals surface area contributed by atoms with E-state index in [4.69, 9.17) is 0 Å². The molecule has 0 aliphatic carbocycles. The van der Waals surface area contributed by atoms with Gasteiger partial charge in [0.05, 0.1) is 15.9 Å². The number of hydrogen-bond donors (Lipinski definition) is 0. The van der Waals surface area contributed by atoms with Crippen LogP contribution in [-0.4, -0.2) is 9.97 Å². The Kier molecular flexibility index (Phi) is 2.32. The lowest BCUT2D eigenvalue weighted by atomic mass is 10.0. The zero-order valence-electron chi connectivity index (χ0n) is 10.1. The molecule has 0 atom stereocenters. The Morgan fingerprint density at radius 1 is 0.842 bits per heavy atom. The predicted octanol–water partition coefficient (Wildman–Crippen LogP) is 4.51. The van der Waals surface area contributed by atoms with Gasteiger partial charge in [0, 0.05) is 5.56 Å². The van der Waals surface area contributed by atoms with Gasteiger partial charge in [-0.25, -0.2) is 9.97 Å². The molecule has 0 aliphatic rings. The summed E-state index contributed by atoms with van der Waals surface area (Å²) in [7, 11) is 0. The highest BCUT2D eigenvalue weighted by atomic mass is 32.1. The number of hydrogen-bond acceptors (Lipinski definition) is 3. The lowest BCUT2D eigenvalue weighted by Gasteiger charge is -2.04. The number of thiophene rings is 1. The van der Waals surface area contributed by atoms with Crippen molar-refractivity contribution in [1.82, 2.24) is 9.97 Å². The van der Waals surface area contributed by atoms with Gasteiger partial charge in [0.2, 0.25) is 0 Å². The fraction of sp³-hybridized carbons (Fsp3) is 0. The van der Waals surface area contributed by atoms with Gasteiger partial charge in [0.15, 0.2) is 0 Å². The van der Waals surface area contributed by atoms with Crippen molar-refractivity contribution in [1.29, 1.82) is 0 Å². The molecule has 0 radical (unpaired) electrons. The van der Waals surface area contributed by atoms with Crippen molar-refractivity contribution in [2.75, 3.05) is 0 Å². The van der Waals surface area contributed by atoms with Crippen LogP contribution in [-0.2, 0) is 0 Å². The molecule has 0 amide bonds. The van der Waals surface area contributed by atoms with Crippen LogP contribution in [0.15, 0.2) is 60.2 Å². The number of fused-ring (bicyclic) bond motifs is 2. The largest absolute Gasteiger partial charge is 0.235 e. The fourth-order valence-corrected chi connectivity index (χ4v) is 3.19. The minimum absolute atomic E-state index is 1.02. The molecule has 2 aromatic heterocycles. The maximum Gasteiger partial charge on any atom is 0.116 e. The first-order chi connectivity index (χ1) is 9.42. The van der Waals surface area contributed by atoms with Crippen LogP contribution in [0.2, 0.25) is 0 Å². The van der Waals surface area contributed by atoms with Crippen molar-refractivity contribution in [3.8, 4) is 11.3 Å². The van der Waals surface area contributed by atoms with Crippen LogP contribution in [0.1, 0.15) is 0 Å². The van der Waals surface area contributed by atoms with Crippen molar-refractivity contribution in [2.24, 2.45) is 0 Å². The van der Waals surface area contributed by atoms with Gasteiger partial charge < -0.3 is 0 Å². The highest BCUT2D eigenvalue weighted by Gasteiger charge is 2.07. The molecule has 0 fully saturated rings. The number of rotatable bonds is 1. The molecule has 90 valence electrons. The molecule has 4 aromatic rings. The topological polar surface area (TPSA) is 25.8 Å². The Morgan fingerprint density at radius 2 is 1.74 bits per heavy atom. The van der Waals surface area contributed by atoms with Crippen molar-refractivity contribution in [3.63, 3.8) is 0 Å². The van der Waals surface area contributed by atoms with Crippen molar-refractivity contribution >= 4 is 32.3 Å². The molecule has 0 saturated carbocycles. The third-order valence-electron chi connectivity index (χ3n) is 3.27.